The second kappa shape index (κ2) is 6.41. The van der Waals surface area contributed by atoms with Crippen LogP contribution >= 0.6 is 0 Å². The summed E-state index contributed by atoms with van der Waals surface area (Å²) in [5.74, 6) is -0.984. The lowest BCUT2D eigenvalue weighted by Gasteiger charge is -2.19. The molecule has 0 fully saturated rings. The van der Waals surface area contributed by atoms with Gasteiger partial charge in [0.15, 0.2) is 0 Å². The van der Waals surface area contributed by atoms with Gasteiger partial charge in [-0.05, 0) is 49.9 Å². The summed E-state index contributed by atoms with van der Waals surface area (Å²) in [6, 6.07) is 5.51. The molecule has 1 amide bonds. The molecule has 0 saturated carbocycles. The fourth-order valence-electron chi connectivity index (χ4n) is 2.34. The van der Waals surface area contributed by atoms with Crippen LogP contribution in [0.1, 0.15) is 42.1 Å². The number of hydrogen-bond donors (Lipinski definition) is 3. The van der Waals surface area contributed by atoms with Crippen molar-refractivity contribution in [2.75, 3.05) is 11.9 Å². The molecule has 2 rings (SSSR count). The van der Waals surface area contributed by atoms with Gasteiger partial charge in [-0.25, -0.2) is 0 Å². The van der Waals surface area contributed by atoms with Crippen LogP contribution in [0.2, 0.25) is 0 Å². The number of carboxylic acids is 1. The minimum absolute atomic E-state index is 0.0650. The minimum Gasteiger partial charge on any atom is -0.481 e. The Morgan fingerprint density at radius 2 is 2.25 bits per heavy atom. The van der Waals surface area contributed by atoms with Gasteiger partial charge in [-0.1, -0.05) is 0 Å². The Bertz CT molecular complexity index is 514. The second-order valence-electron chi connectivity index (χ2n) is 5.21. The van der Waals surface area contributed by atoms with Crippen LogP contribution in [0.5, 0.6) is 0 Å². The van der Waals surface area contributed by atoms with Crippen molar-refractivity contribution in [2.45, 2.75) is 38.6 Å². The molecule has 0 bridgehead atoms. The molecule has 1 aliphatic rings. The SMILES string of the molecule is CC(CCC(=O)O)NC(=O)c1ccc2c(c1)CCCN2. The Morgan fingerprint density at radius 3 is 3.00 bits per heavy atom. The Balaban J connectivity index is 1.97. The van der Waals surface area contributed by atoms with Gasteiger partial charge in [0.05, 0.1) is 0 Å². The summed E-state index contributed by atoms with van der Waals surface area (Å²) in [5, 5.41) is 14.8. The molecular formula is C15H20N2O3. The van der Waals surface area contributed by atoms with Crippen LogP contribution in [-0.4, -0.2) is 29.6 Å². The van der Waals surface area contributed by atoms with E-state index >= 15 is 0 Å². The number of carbonyl (C=O) groups excluding carboxylic acids is 1. The Kier molecular flexibility index (Phi) is 4.61. The Morgan fingerprint density at radius 1 is 1.45 bits per heavy atom. The lowest BCUT2D eigenvalue weighted by Crippen LogP contribution is -2.33. The Labute approximate surface area is 118 Å². The molecule has 1 atom stereocenters. The van der Waals surface area contributed by atoms with Crippen molar-refractivity contribution in [3.05, 3.63) is 29.3 Å². The number of rotatable bonds is 5. The van der Waals surface area contributed by atoms with Gasteiger partial charge in [0.25, 0.3) is 5.91 Å². The van der Waals surface area contributed by atoms with Crippen molar-refractivity contribution in [2.24, 2.45) is 0 Å². The van der Waals surface area contributed by atoms with Crippen molar-refractivity contribution < 1.29 is 14.7 Å². The molecule has 5 heteroatoms. The lowest BCUT2D eigenvalue weighted by molar-refractivity contribution is -0.137. The van der Waals surface area contributed by atoms with Crippen molar-refractivity contribution in [3.63, 3.8) is 0 Å². The van der Waals surface area contributed by atoms with Crippen molar-refractivity contribution in [1.29, 1.82) is 0 Å². The van der Waals surface area contributed by atoms with E-state index in [1.54, 1.807) is 6.07 Å². The molecule has 0 aliphatic carbocycles. The third-order valence-corrected chi connectivity index (χ3v) is 3.47. The van der Waals surface area contributed by atoms with E-state index in [2.05, 4.69) is 10.6 Å². The highest BCUT2D eigenvalue weighted by atomic mass is 16.4. The molecule has 0 saturated heterocycles. The molecule has 1 aromatic carbocycles. The highest BCUT2D eigenvalue weighted by Gasteiger charge is 2.14. The van der Waals surface area contributed by atoms with Gasteiger partial charge in [0.2, 0.25) is 0 Å². The maximum atomic E-state index is 12.1. The summed E-state index contributed by atoms with van der Waals surface area (Å²) >= 11 is 0. The van der Waals surface area contributed by atoms with E-state index in [0.717, 1.165) is 25.1 Å². The lowest BCUT2D eigenvalue weighted by atomic mass is 10.0. The topological polar surface area (TPSA) is 78.4 Å². The monoisotopic (exact) mass is 276 g/mol. The maximum absolute atomic E-state index is 12.1. The first kappa shape index (κ1) is 14.4. The fourth-order valence-corrected chi connectivity index (χ4v) is 2.34. The zero-order valence-corrected chi connectivity index (χ0v) is 11.6. The van der Waals surface area contributed by atoms with E-state index in [1.807, 2.05) is 19.1 Å². The number of aryl methyl sites for hydroxylation is 1. The number of fused-ring (bicyclic) bond motifs is 1. The van der Waals surface area contributed by atoms with Crippen LogP contribution in [0, 0.1) is 0 Å². The summed E-state index contributed by atoms with van der Waals surface area (Å²) in [7, 11) is 0. The van der Waals surface area contributed by atoms with Crippen molar-refractivity contribution >= 4 is 17.6 Å². The van der Waals surface area contributed by atoms with Crippen molar-refractivity contribution in [1.82, 2.24) is 5.32 Å². The van der Waals surface area contributed by atoms with Crippen LogP contribution < -0.4 is 10.6 Å². The number of benzene rings is 1. The third kappa shape index (κ3) is 3.73. The molecule has 3 N–H and O–H groups in total. The first-order chi connectivity index (χ1) is 9.56. The van der Waals surface area contributed by atoms with E-state index in [9.17, 15) is 9.59 Å². The van der Waals surface area contributed by atoms with Crippen LogP contribution in [0.3, 0.4) is 0 Å². The predicted molar refractivity (Wildman–Crippen MR) is 77.1 cm³/mol. The van der Waals surface area contributed by atoms with Gasteiger partial charge in [0.1, 0.15) is 0 Å². The van der Waals surface area contributed by atoms with E-state index in [0.29, 0.717) is 12.0 Å². The number of carboxylic acid groups (broad SMARTS) is 1. The van der Waals surface area contributed by atoms with Crippen molar-refractivity contribution in [3.8, 4) is 0 Å². The summed E-state index contributed by atoms with van der Waals surface area (Å²) in [6.07, 6.45) is 2.56. The first-order valence-electron chi connectivity index (χ1n) is 6.95. The van der Waals surface area contributed by atoms with Crippen LogP contribution in [0.4, 0.5) is 5.69 Å². The number of amides is 1. The number of nitrogens with one attached hydrogen (secondary N) is 2. The highest BCUT2D eigenvalue weighted by Crippen LogP contribution is 2.22. The maximum Gasteiger partial charge on any atom is 0.303 e. The van der Waals surface area contributed by atoms with E-state index < -0.39 is 5.97 Å². The largest absolute Gasteiger partial charge is 0.481 e. The normalized spacial score (nSPS) is 14.8. The number of aliphatic carboxylic acids is 1. The van der Waals surface area contributed by atoms with E-state index in [-0.39, 0.29) is 18.4 Å². The average Bonchev–Trinajstić information content (AvgIpc) is 2.44. The highest BCUT2D eigenvalue weighted by molar-refractivity contribution is 5.95. The molecule has 1 unspecified atom stereocenters. The molecule has 20 heavy (non-hydrogen) atoms. The van der Waals surface area contributed by atoms with Crippen LogP contribution in [0.15, 0.2) is 18.2 Å². The quantitative estimate of drug-likeness (QED) is 0.769. The predicted octanol–water partition coefficient (Wildman–Crippen LogP) is 2.03. The summed E-state index contributed by atoms with van der Waals surface area (Å²) < 4.78 is 0. The number of carbonyl (C=O) groups is 2. The second-order valence-corrected chi connectivity index (χ2v) is 5.21. The molecule has 0 spiro atoms. The zero-order valence-electron chi connectivity index (χ0n) is 11.6. The summed E-state index contributed by atoms with van der Waals surface area (Å²) in [5.41, 5.74) is 2.91. The van der Waals surface area contributed by atoms with Gasteiger partial charge in [0, 0.05) is 30.3 Å². The Hall–Kier alpha value is -2.04. The molecule has 1 aliphatic heterocycles. The third-order valence-electron chi connectivity index (χ3n) is 3.47. The summed E-state index contributed by atoms with van der Waals surface area (Å²) in [4.78, 5) is 22.6. The molecule has 1 aromatic rings. The first-order valence-corrected chi connectivity index (χ1v) is 6.95. The van der Waals surface area contributed by atoms with Gasteiger partial charge >= 0.3 is 5.97 Å². The molecular weight excluding hydrogens is 256 g/mol. The molecule has 1 heterocycles. The minimum atomic E-state index is -0.842. The zero-order chi connectivity index (χ0) is 14.5. The molecule has 0 radical (unpaired) electrons. The number of anilines is 1. The van der Waals surface area contributed by atoms with Crippen LogP contribution in [-0.2, 0) is 11.2 Å². The number of hydrogen-bond acceptors (Lipinski definition) is 3. The standard InChI is InChI=1S/C15H20N2O3/c1-10(4-7-14(18)19)17-15(20)12-5-6-13-11(9-12)3-2-8-16-13/h5-6,9-10,16H,2-4,7-8H2,1H3,(H,17,20)(H,18,19). The van der Waals surface area contributed by atoms with E-state index in [1.165, 1.54) is 5.56 Å². The van der Waals surface area contributed by atoms with Gasteiger partial charge in [-0.3, -0.25) is 9.59 Å². The van der Waals surface area contributed by atoms with Gasteiger partial charge in [-0.15, -0.1) is 0 Å². The average molecular weight is 276 g/mol. The molecule has 5 nitrogen and oxygen atoms in total. The van der Waals surface area contributed by atoms with E-state index in [4.69, 9.17) is 5.11 Å². The van der Waals surface area contributed by atoms with Crippen LogP contribution in [0.25, 0.3) is 0 Å². The fraction of sp³-hybridized carbons (Fsp3) is 0.467. The van der Waals surface area contributed by atoms with Gasteiger partial charge < -0.3 is 15.7 Å². The summed E-state index contributed by atoms with van der Waals surface area (Å²) in [6.45, 7) is 2.80. The smallest absolute Gasteiger partial charge is 0.303 e. The molecule has 0 aromatic heterocycles. The molecule has 108 valence electrons. The van der Waals surface area contributed by atoms with Gasteiger partial charge in [-0.2, -0.15) is 0 Å².